The summed E-state index contributed by atoms with van der Waals surface area (Å²) in [6.45, 7) is 3.61. The summed E-state index contributed by atoms with van der Waals surface area (Å²) >= 11 is 3.39. The second-order valence-corrected chi connectivity index (χ2v) is 5.47. The number of aryl methyl sites for hydroxylation is 1. The third kappa shape index (κ3) is 2.77. The summed E-state index contributed by atoms with van der Waals surface area (Å²) in [4.78, 5) is 12.3. The molecule has 0 aliphatic carbocycles. The maximum absolute atomic E-state index is 12.3. The van der Waals surface area contributed by atoms with Gasteiger partial charge in [-0.15, -0.1) is 0 Å². The first kappa shape index (κ1) is 14.4. The number of nitrogens with one attached hydrogen (secondary N) is 1. The minimum Gasteiger partial charge on any atom is -0.508 e. The minimum absolute atomic E-state index is 0.0913. The Balaban J connectivity index is 2.36. The van der Waals surface area contributed by atoms with Crippen LogP contribution in [-0.4, -0.2) is 11.0 Å². The molecular weight excluding hydrogens is 320 g/mol. The zero-order valence-electron chi connectivity index (χ0n) is 11.2. The number of nitrogen functional groups attached to an aromatic ring is 1. The number of halogens is 1. The molecule has 0 saturated heterocycles. The van der Waals surface area contributed by atoms with Crippen LogP contribution in [0.25, 0.3) is 0 Å². The summed E-state index contributed by atoms with van der Waals surface area (Å²) in [6.07, 6.45) is 0. The van der Waals surface area contributed by atoms with Crippen LogP contribution >= 0.6 is 15.9 Å². The largest absolute Gasteiger partial charge is 0.508 e. The first-order valence-corrected chi connectivity index (χ1v) is 6.85. The average Bonchev–Trinajstić information content (AvgIpc) is 2.36. The fourth-order valence-corrected chi connectivity index (χ4v) is 2.64. The molecule has 0 atom stereocenters. The summed E-state index contributed by atoms with van der Waals surface area (Å²) in [6, 6.07) is 8.49. The first-order chi connectivity index (χ1) is 9.40. The Labute approximate surface area is 125 Å². The molecule has 0 aliphatic rings. The van der Waals surface area contributed by atoms with Crippen molar-refractivity contribution < 1.29 is 9.90 Å². The summed E-state index contributed by atoms with van der Waals surface area (Å²) in [5.41, 5.74) is 8.89. The van der Waals surface area contributed by atoms with Crippen molar-refractivity contribution in [3.63, 3.8) is 0 Å². The summed E-state index contributed by atoms with van der Waals surface area (Å²) < 4.78 is 0.723. The van der Waals surface area contributed by atoms with Gasteiger partial charge < -0.3 is 16.2 Å². The van der Waals surface area contributed by atoms with Crippen LogP contribution in [0.15, 0.2) is 34.8 Å². The molecule has 0 unspecified atom stereocenters. The number of phenols is 1. The van der Waals surface area contributed by atoms with Crippen LogP contribution in [0.2, 0.25) is 0 Å². The van der Waals surface area contributed by atoms with E-state index < -0.39 is 0 Å². The van der Waals surface area contributed by atoms with Gasteiger partial charge >= 0.3 is 0 Å². The lowest BCUT2D eigenvalue weighted by molar-refractivity contribution is 0.102. The van der Waals surface area contributed by atoms with E-state index in [0.717, 1.165) is 10.0 Å². The molecule has 1 amide bonds. The molecule has 20 heavy (non-hydrogen) atoms. The van der Waals surface area contributed by atoms with Crippen LogP contribution in [0.3, 0.4) is 0 Å². The smallest absolute Gasteiger partial charge is 0.256 e. The Morgan fingerprint density at radius 2 is 2.00 bits per heavy atom. The molecule has 2 aromatic carbocycles. The van der Waals surface area contributed by atoms with Crippen molar-refractivity contribution in [3.05, 3.63) is 51.5 Å². The Kier molecular flexibility index (Phi) is 3.99. The van der Waals surface area contributed by atoms with Gasteiger partial charge in [-0.1, -0.05) is 6.07 Å². The highest BCUT2D eigenvalue weighted by Gasteiger charge is 2.14. The van der Waals surface area contributed by atoms with Gasteiger partial charge in [0.1, 0.15) is 5.75 Å². The number of carbonyl (C=O) groups is 1. The van der Waals surface area contributed by atoms with E-state index in [4.69, 9.17) is 5.73 Å². The van der Waals surface area contributed by atoms with Crippen molar-refractivity contribution in [2.75, 3.05) is 11.1 Å². The summed E-state index contributed by atoms with van der Waals surface area (Å²) in [7, 11) is 0. The normalized spacial score (nSPS) is 10.3. The first-order valence-electron chi connectivity index (χ1n) is 6.05. The summed E-state index contributed by atoms with van der Waals surface area (Å²) in [5.74, 6) is -0.219. The Hall–Kier alpha value is -2.01. The Morgan fingerprint density at radius 1 is 1.30 bits per heavy atom. The molecule has 0 aromatic heterocycles. The molecule has 4 N–H and O–H groups in total. The number of hydrogen-bond donors (Lipinski definition) is 3. The van der Waals surface area contributed by atoms with Crippen molar-refractivity contribution in [2.45, 2.75) is 13.8 Å². The number of nitrogens with two attached hydrogens (primary N) is 1. The van der Waals surface area contributed by atoms with Gasteiger partial charge in [0.25, 0.3) is 5.91 Å². The third-order valence-electron chi connectivity index (χ3n) is 3.05. The highest BCUT2D eigenvalue weighted by molar-refractivity contribution is 9.10. The minimum atomic E-state index is -0.311. The number of hydrogen-bond acceptors (Lipinski definition) is 3. The molecule has 104 valence electrons. The van der Waals surface area contributed by atoms with E-state index in [1.807, 2.05) is 13.0 Å². The van der Waals surface area contributed by atoms with Crippen LogP contribution in [0.1, 0.15) is 21.5 Å². The highest BCUT2D eigenvalue weighted by atomic mass is 79.9. The van der Waals surface area contributed by atoms with Crippen molar-refractivity contribution in [1.29, 1.82) is 0 Å². The molecule has 0 spiro atoms. The number of aromatic hydroxyl groups is 1. The fraction of sp³-hybridized carbons (Fsp3) is 0.133. The zero-order valence-corrected chi connectivity index (χ0v) is 12.8. The maximum Gasteiger partial charge on any atom is 0.256 e. The molecule has 0 aliphatic heterocycles. The van der Waals surface area contributed by atoms with Crippen molar-refractivity contribution in [1.82, 2.24) is 0 Å². The number of phenolic OH excluding ortho intramolecular Hbond substituents is 1. The second kappa shape index (κ2) is 5.54. The lowest BCUT2D eigenvalue weighted by Crippen LogP contribution is -2.15. The molecule has 5 heteroatoms. The Morgan fingerprint density at radius 3 is 2.65 bits per heavy atom. The van der Waals surface area contributed by atoms with Gasteiger partial charge in [0.2, 0.25) is 0 Å². The lowest BCUT2D eigenvalue weighted by atomic mass is 10.1. The van der Waals surface area contributed by atoms with Crippen LogP contribution < -0.4 is 11.1 Å². The monoisotopic (exact) mass is 334 g/mol. The van der Waals surface area contributed by atoms with E-state index in [-0.39, 0.29) is 11.7 Å². The average molecular weight is 335 g/mol. The SMILES string of the molecule is Cc1cc(N)c(NC(=O)c2cccc(O)c2C)c(Br)c1. The van der Waals surface area contributed by atoms with E-state index in [1.165, 1.54) is 0 Å². The van der Waals surface area contributed by atoms with Crippen LogP contribution in [0.5, 0.6) is 5.75 Å². The van der Waals surface area contributed by atoms with E-state index in [9.17, 15) is 9.90 Å². The van der Waals surface area contributed by atoms with Gasteiger partial charge in [0.15, 0.2) is 0 Å². The zero-order chi connectivity index (χ0) is 14.9. The quantitative estimate of drug-likeness (QED) is 0.734. The van der Waals surface area contributed by atoms with Gasteiger partial charge in [-0.3, -0.25) is 4.79 Å². The molecule has 0 fully saturated rings. The van der Waals surface area contributed by atoms with Gasteiger partial charge in [-0.05, 0) is 59.6 Å². The maximum atomic E-state index is 12.3. The Bertz CT molecular complexity index is 661. The fourth-order valence-electron chi connectivity index (χ4n) is 1.95. The van der Waals surface area contributed by atoms with Crippen molar-refractivity contribution in [3.8, 4) is 5.75 Å². The van der Waals surface area contributed by atoms with E-state index in [2.05, 4.69) is 21.2 Å². The molecule has 2 aromatic rings. The van der Waals surface area contributed by atoms with Gasteiger partial charge in [0.05, 0.1) is 11.4 Å². The molecule has 0 saturated carbocycles. The topological polar surface area (TPSA) is 75.3 Å². The standard InChI is InChI=1S/C15H15BrN2O2/c1-8-6-11(16)14(12(17)7-8)18-15(20)10-4-3-5-13(19)9(10)2/h3-7,19H,17H2,1-2H3,(H,18,20). The van der Waals surface area contributed by atoms with Gasteiger partial charge in [-0.2, -0.15) is 0 Å². The molecule has 2 rings (SSSR count). The number of amides is 1. The number of benzene rings is 2. The van der Waals surface area contributed by atoms with E-state index in [0.29, 0.717) is 22.5 Å². The number of carbonyl (C=O) groups excluding carboxylic acids is 1. The lowest BCUT2D eigenvalue weighted by Gasteiger charge is -2.13. The molecule has 0 radical (unpaired) electrons. The van der Waals surface area contributed by atoms with Crippen LogP contribution in [-0.2, 0) is 0 Å². The number of anilines is 2. The molecule has 0 bridgehead atoms. The third-order valence-corrected chi connectivity index (χ3v) is 3.68. The highest BCUT2D eigenvalue weighted by Crippen LogP contribution is 2.31. The van der Waals surface area contributed by atoms with Crippen LogP contribution in [0, 0.1) is 13.8 Å². The van der Waals surface area contributed by atoms with Crippen molar-refractivity contribution >= 4 is 33.2 Å². The number of rotatable bonds is 2. The molecule has 0 heterocycles. The predicted molar refractivity (Wildman–Crippen MR) is 84.1 cm³/mol. The van der Waals surface area contributed by atoms with Gasteiger partial charge in [-0.25, -0.2) is 0 Å². The van der Waals surface area contributed by atoms with E-state index >= 15 is 0 Å². The van der Waals surface area contributed by atoms with Crippen molar-refractivity contribution in [2.24, 2.45) is 0 Å². The van der Waals surface area contributed by atoms with Gasteiger partial charge in [0, 0.05) is 15.6 Å². The molecular formula is C15H15BrN2O2. The van der Waals surface area contributed by atoms with E-state index in [1.54, 1.807) is 31.2 Å². The van der Waals surface area contributed by atoms with Crippen LogP contribution in [0.4, 0.5) is 11.4 Å². The summed E-state index contributed by atoms with van der Waals surface area (Å²) in [5, 5.41) is 12.4. The molecule has 4 nitrogen and oxygen atoms in total. The predicted octanol–water partition coefficient (Wildman–Crippen LogP) is 3.61. The second-order valence-electron chi connectivity index (χ2n) is 4.61.